The number of hydrogen-bond acceptors (Lipinski definition) is 0. The summed E-state index contributed by atoms with van der Waals surface area (Å²) in [6.07, 6.45) is 0. The van der Waals surface area contributed by atoms with E-state index in [-0.39, 0.29) is 0 Å². The Labute approximate surface area is 621 Å². The second-order valence-electron chi connectivity index (χ2n) is 29.1. The normalized spacial score (nSPS) is 12.1. The first-order chi connectivity index (χ1) is 53.5. The number of rotatable bonds is 9. The fraction of sp³-hybridized carbons (Fsp3) is 0. The first-order valence-corrected chi connectivity index (χ1v) is 37.4. The molecule has 4 heteroatoms. The van der Waals surface area contributed by atoms with Gasteiger partial charge in [0.2, 0.25) is 0 Å². The summed E-state index contributed by atoms with van der Waals surface area (Å²) in [5, 5.41) is 22.3. The van der Waals surface area contributed by atoms with Crippen LogP contribution in [0.4, 0.5) is 0 Å². The highest BCUT2D eigenvalue weighted by Crippen LogP contribution is 2.46. The minimum absolute atomic E-state index is 1.11. The monoisotopic (exact) mass is 1370 g/mol. The SMILES string of the molecule is c1ccc(-n2c3ccc(-c4ccc5c6ccccc6c6cc(-c7ccc(-n8c9ccc(-c%10ccc%11c%12ccccc%12n(-c%12ccccc%12)c%11c%10)cc9c9cc(-c%10cc%11ccccc%11c%11ccccc%10%11)ccc98)cc7)ccc6c5c4)cc3c3cc(-c4ccc5c6ccccc6n(-c6ccccc6)c5c4)ccc32)cc1. The number of para-hydroxylation sites is 5. The Hall–Kier alpha value is -14.3. The van der Waals surface area contributed by atoms with Crippen molar-refractivity contribution in [3.63, 3.8) is 0 Å². The zero-order valence-electron chi connectivity index (χ0n) is 58.7. The highest BCUT2D eigenvalue weighted by Gasteiger charge is 2.22. The van der Waals surface area contributed by atoms with E-state index in [1.54, 1.807) is 0 Å². The van der Waals surface area contributed by atoms with Crippen molar-refractivity contribution >= 4 is 141 Å². The Morgan fingerprint density at radius 2 is 0.380 bits per heavy atom. The molecule has 4 aromatic heterocycles. The molecule has 0 spiro atoms. The lowest BCUT2D eigenvalue weighted by Crippen LogP contribution is -1.94. The number of nitrogens with zero attached hydrogens (tertiary/aromatic N) is 4. The van der Waals surface area contributed by atoms with Crippen molar-refractivity contribution in [1.29, 1.82) is 0 Å². The minimum atomic E-state index is 1.11. The molecule has 4 heterocycles. The van der Waals surface area contributed by atoms with Gasteiger partial charge in [-0.3, -0.25) is 0 Å². The van der Waals surface area contributed by atoms with Crippen LogP contribution in [0.2, 0.25) is 0 Å². The summed E-state index contributed by atoms with van der Waals surface area (Å²) in [5.41, 5.74) is 25.8. The molecule has 0 aliphatic heterocycles. The molecule has 0 N–H and O–H groups in total. The predicted octanol–water partition coefficient (Wildman–Crippen LogP) is 28.2. The number of fused-ring (bicyclic) bond motifs is 21. The van der Waals surface area contributed by atoms with Crippen LogP contribution in [0.3, 0.4) is 0 Å². The van der Waals surface area contributed by atoms with E-state index >= 15 is 0 Å². The highest BCUT2D eigenvalue weighted by molar-refractivity contribution is 6.27. The van der Waals surface area contributed by atoms with E-state index in [1.165, 1.54) is 180 Å². The van der Waals surface area contributed by atoms with Crippen LogP contribution in [-0.4, -0.2) is 18.3 Å². The summed E-state index contributed by atoms with van der Waals surface area (Å²) in [4.78, 5) is 0. The molecule has 19 aromatic carbocycles. The third kappa shape index (κ3) is 9.17. The van der Waals surface area contributed by atoms with Crippen LogP contribution in [0.15, 0.2) is 388 Å². The van der Waals surface area contributed by atoms with Crippen molar-refractivity contribution in [1.82, 2.24) is 18.3 Å². The van der Waals surface area contributed by atoms with E-state index < -0.39 is 0 Å². The topological polar surface area (TPSA) is 19.7 Å². The molecule has 0 amide bonds. The van der Waals surface area contributed by atoms with Gasteiger partial charge in [-0.05, 0) is 249 Å². The Kier molecular flexibility index (Phi) is 13.1. The van der Waals surface area contributed by atoms with Gasteiger partial charge in [0.25, 0.3) is 0 Å². The van der Waals surface area contributed by atoms with Crippen LogP contribution in [0.5, 0.6) is 0 Å². The summed E-state index contributed by atoms with van der Waals surface area (Å²) in [5.74, 6) is 0. The van der Waals surface area contributed by atoms with Crippen LogP contribution in [0.1, 0.15) is 0 Å². The average Bonchev–Trinajstić information content (AvgIpc) is 1.69. The molecule has 0 unspecified atom stereocenters. The minimum Gasteiger partial charge on any atom is -0.309 e. The molecule has 23 aromatic rings. The largest absolute Gasteiger partial charge is 0.309 e. The first-order valence-electron chi connectivity index (χ1n) is 37.4. The predicted molar refractivity (Wildman–Crippen MR) is 459 cm³/mol. The molecule has 0 saturated carbocycles. The maximum atomic E-state index is 2.47. The molecule has 0 aliphatic rings. The van der Waals surface area contributed by atoms with E-state index in [2.05, 4.69) is 407 Å². The van der Waals surface area contributed by atoms with Crippen molar-refractivity contribution in [2.75, 3.05) is 0 Å². The molecule has 0 aliphatic carbocycles. The summed E-state index contributed by atoms with van der Waals surface area (Å²) < 4.78 is 9.72. The zero-order valence-corrected chi connectivity index (χ0v) is 58.7. The van der Waals surface area contributed by atoms with Crippen molar-refractivity contribution < 1.29 is 0 Å². The van der Waals surface area contributed by atoms with E-state index in [0.717, 1.165) is 39.3 Å². The molecule has 23 rings (SSSR count). The van der Waals surface area contributed by atoms with Gasteiger partial charge in [-0.1, -0.05) is 249 Å². The molecule has 0 atom stereocenters. The van der Waals surface area contributed by atoms with Crippen molar-refractivity contribution in [3.05, 3.63) is 388 Å². The van der Waals surface area contributed by atoms with Gasteiger partial charge in [-0.15, -0.1) is 0 Å². The fourth-order valence-corrected chi connectivity index (χ4v) is 18.3. The standard InChI is InChI=1S/C104H64N4/c1-4-21-75(22-5-1)105-99-52-42-68(58-93(99)94-59-69(43-53-100(94)105)71-40-50-88-86-32-16-18-34-97(86)107(103(88)63-71)76-23-6-2-7-24-76)67-39-48-84-81-29-13-15-31-83(81)91-56-66(38-49-85(91)92(84)57-67)65-36-46-78(47-37-65)106-101-54-44-70(72-41-51-89-87-33-17-19-35-98(87)108(104(89)64-72)77-25-8-3-9-26-77)60-95(101)96-62-74(45-55-102(96)106)90-61-73-20-10-11-27-79(73)80-28-12-14-30-82(80)90/h1-64H. The van der Waals surface area contributed by atoms with Gasteiger partial charge >= 0.3 is 0 Å². The quantitative estimate of drug-likeness (QED) is 0.128. The summed E-state index contributed by atoms with van der Waals surface area (Å²) >= 11 is 0. The molecule has 0 radical (unpaired) electrons. The molecule has 4 nitrogen and oxygen atoms in total. The van der Waals surface area contributed by atoms with Gasteiger partial charge in [-0.25, -0.2) is 0 Å². The third-order valence-corrected chi connectivity index (χ3v) is 23.3. The second kappa shape index (κ2) is 23.6. The molecule has 0 bridgehead atoms. The molecule has 0 saturated heterocycles. The smallest absolute Gasteiger partial charge is 0.0547 e. The van der Waals surface area contributed by atoms with Gasteiger partial charge in [0.1, 0.15) is 0 Å². The van der Waals surface area contributed by atoms with Crippen molar-refractivity contribution in [3.8, 4) is 78.4 Å². The number of aromatic nitrogens is 4. The maximum absolute atomic E-state index is 2.47. The van der Waals surface area contributed by atoms with E-state index in [0.29, 0.717) is 0 Å². The Morgan fingerprint density at radius 3 is 0.843 bits per heavy atom. The summed E-state index contributed by atoms with van der Waals surface area (Å²) in [7, 11) is 0. The van der Waals surface area contributed by atoms with Crippen LogP contribution in [-0.2, 0) is 0 Å². The van der Waals surface area contributed by atoms with Crippen LogP contribution >= 0.6 is 0 Å². The highest BCUT2D eigenvalue weighted by atomic mass is 15.0. The van der Waals surface area contributed by atoms with E-state index in [1.807, 2.05) is 0 Å². The summed E-state index contributed by atoms with van der Waals surface area (Å²) in [6, 6.07) is 145. The van der Waals surface area contributed by atoms with Crippen LogP contribution in [0, 0.1) is 0 Å². The molecular formula is C104H64N4. The van der Waals surface area contributed by atoms with Gasteiger partial charge in [0.05, 0.1) is 44.1 Å². The van der Waals surface area contributed by atoms with Gasteiger partial charge < -0.3 is 18.3 Å². The fourth-order valence-electron chi connectivity index (χ4n) is 18.3. The zero-order chi connectivity index (χ0) is 70.7. The number of hydrogen-bond donors (Lipinski definition) is 0. The molecule has 0 fully saturated rings. The Morgan fingerprint density at radius 1 is 0.120 bits per heavy atom. The second-order valence-corrected chi connectivity index (χ2v) is 29.1. The Balaban J connectivity index is 0.639. The van der Waals surface area contributed by atoms with E-state index in [9.17, 15) is 0 Å². The van der Waals surface area contributed by atoms with Crippen molar-refractivity contribution in [2.45, 2.75) is 0 Å². The van der Waals surface area contributed by atoms with Gasteiger partial charge in [-0.2, -0.15) is 0 Å². The van der Waals surface area contributed by atoms with Gasteiger partial charge in [0.15, 0.2) is 0 Å². The molecular weight excluding hydrogens is 1310 g/mol. The lowest BCUT2D eigenvalue weighted by molar-refractivity contribution is 1.18. The third-order valence-electron chi connectivity index (χ3n) is 23.3. The van der Waals surface area contributed by atoms with Crippen LogP contribution < -0.4 is 0 Å². The van der Waals surface area contributed by atoms with E-state index in [4.69, 9.17) is 0 Å². The lowest BCUT2D eigenvalue weighted by Gasteiger charge is -2.14. The maximum Gasteiger partial charge on any atom is 0.0547 e. The average molecular weight is 1370 g/mol. The molecule has 500 valence electrons. The van der Waals surface area contributed by atoms with Gasteiger partial charge in [0, 0.05) is 65.8 Å². The lowest BCUT2D eigenvalue weighted by atomic mass is 9.90. The van der Waals surface area contributed by atoms with Crippen LogP contribution in [0.25, 0.3) is 219 Å². The van der Waals surface area contributed by atoms with Crippen molar-refractivity contribution in [2.24, 2.45) is 0 Å². The summed E-state index contributed by atoms with van der Waals surface area (Å²) in [6.45, 7) is 0. The first kappa shape index (κ1) is 60.1. The number of benzene rings is 19. The molecule has 108 heavy (non-hydrogen) atoms. The Bertz CT molecular complexity index is 7700.